The van der Waals surface area contributed by atoms with Crippen LogP contribution in [0.1, 0.15) is 38.9 Å². The molecule has 4 aromatic rings. The van der Waals surface area contributed by atoms with Crippen LogP contribution < -0.4 is 21.5 Å². The van der Waals surface area contributed by atoms with E-state index in [0.29, 0.717) is 50.2 Å². The van der Waals surface area contributed by atoms with Crippen LogP contribution in [0.25, 0.3) is 17.3 Å². The quantitative estimate of drug-likeness (QED) is 0.0626. The predicted molar refractivity (Wildman–Crippen MR) is 187 cm³/mol. The lowest BCUT2D eigenvalue weighted by atomic mass is 10.0. The normalized spacial score (nSPS) is 14.4. The van der Waals surface area contributed by atoms with Crippen molar-refractivity contribution in [3.05, 3.63) is 105 Å². The number of ether oxygens (including phenoxy) is 1. The number of hydrogen-bond donors (Lipinski definition) is 4. The minimum Gasteiger partial charge on any atom is -0.453 e. The molecular formula is C33H30Cl2FN9O4. The summed E-state index contributed by atoms with van der Waals surface area (Å²) in [6.07, 6.45) is 3.48. The Morgan fingerprint density at radius 1 is 1.18 bits per heavy atom. The number of nitrogens with two attached hydrogens (primary N) is 1. The van der Waals surface area contributed by atoms with Crippen LogP contribution in [-0.2, 0) is 22.5 Å². The number of nitrogens with zero attached hydrogens (tertiary/aromatic N) is 5. The van der Waals surface area contributed by atoms with Gasteiger partial charge in [-0.15, -0.1) is 5.10 Å². The lowest BCUT2D eigenvalue weighted by molar-refractivity contribution is -0.117. The molecule has 0 fully saturated rings. The largest absolute Gasteiger partial charge is 0.453 e. The number of hydrazine groups is 1. The minimum atomic E-state index is -0.811. The highest BCUT2D eigenvalue weighted by Crippen LogP contribution is 2.34. The van der Waals surface area contributed by atoms with Gasteiger partial charge in [-0.1, -0.05) is 35.3 Å². The molecule has 3 aromatic carbocycles. The Kier molecular flexibility index (Phi) is 10.7. The Balaban J connectivity index is 1.55. The highest BCUT2D eigenvalue weighted by molar-refractivity contribution is 6.32. The molecule has 0 spiro atoms. The van der Waals surface area contributed by atoms with Crippen molar-refractivity contribution in [2.75, 3.05) is 24.5 Å². The predicted octanol–water partition coefficient (Wildman–Crippen LogP) is 5.72. The number of halogens is 3. The maximum atomic E-state index is 15.0. The van der Waals surface area contributed by atoms with Gasteiger partial charge in [0.1, 0.15) is 28.8 Å². The first-order valence-corrected chi connectivity index (χ1v) is 15.3. The fraction of sp³-hybridized carbons (Fsp3) is 0.152. The number of aromatic amines is 1. The molecule has 16 heteroatoms. The number of anilines is 2. The van der Waals surface area contributed by atoms with Gasteiger partial charge in [-0.05, 0) is 66.1 Å². The van der Waals surface area contributed by atoms with Crippen LogP contribution in [-0.4, -0.2) is 60.0 Å². The van der Waals surface area contributed by atoms with Gasteiger partial charge in [0.05, 0.1) is 24.4 Å². The van der Waals surface area contributed by atoms with Gasteiger partial charge in [0.15, 0.2) is 0 Å². The van der Waals surface area contributed by atoms with E-state index in [0.717, 1.165) is 0 Å². The van der Waals surface area contributed by atoms with E-state index >= 15 is 4.39 Å². The zero-order chi connectivity index (χ0) is 35.2. The third kappa shape index (κ3) is 8.12. The zero-order valence-corrected chi connectivity index (χ0v) is 27.7. The number of carbonyl (C=O) groups is 3. The standard InChI is InChI=1S/C33H30Cl2FN9O4/c1-38-39-17-45(37)27-10-6-21(34)14-19(27)5-11-28(46)41-26-13-18-4-9-25(36)24(12-18)32(47)44(2)16-20-15-22(40-33(48)49-3)7-8-23(20)29-30(35)43-31(26)42-29/h4-12,14-15,17,26H,1,13,16,37H2,2-3H3,(H,40,48)(H,41,46)(H,42,43)/b11-5+,39-17-/t26-/m0/s1. The van der Waals surface area contributed by atoms with Crippen molar-refractivity contribution in [1.82, 2.24) is 20.2 Å². The number of aromatic nitrogens is 2. The summed E-state index contributed by atoms with van der Waals surface area (Å²) in [5.74, 6) is 4.57. The number of carbonyl (C=O) groups excluding carboxylic acids is 3. The molecule has 252 valence electrons. The summed E-state index contributed by atoms with van der Waals surface area (Å²) in [4.78, 5) is 48.0. The molecule has 2 heterocycles. The van der Waals surface area contributed by atoms with E-state index in [-0.39, 0.29) is 23.7 Å². The summed E-state index contributed by atoms with van der Waals surface area (Å²) >= 11 is 12.9. The molecule has 5 N–H and O–H groups in total. The van der Waals surface area contributed by atoms with Gasteiger partial charge in [-0.2, -0.15) is 5.10 Å². The number of nitrogens with one attached hydrogen (secondary N) is 3. The summed E-state index contributed by atoms with van der Waals surface area (Å²) < 4.78 is 19.8. The molecule has 1 aliphatic heterocycles. The Bertz CT molecular complexity index is 2000. The maximum Gasteiger partial charge on any atom is 0.411 e. The number of H-pyrrole nitrogens is 1. The van der Waals surface area contributed by atoms with Crippen LogP contribution in [0.15, 0.2) is 70.9 Å². The summed E-state index contributed by atoms with van der Waals surface area (Å²) in [7, 11) is 2.77. The van der Waals surface area contributed by atoms with Gasteiger partial charge in [0.2, 0.25) is 5.91 Å². The Hall–Kier alpha value is -5.57. The summed E-state index contributed by atoms with van der Waals surface area (Å²) in [6.45, 7) is 3.30. The van der Waals surface area contributed by atoms with Gasteiger partial charge in [0.25, 0.3) is 5.91 Å². The number of benzene rings is 3. The van der Waals surface area contributed by atoms with Crippen molar-refractivity contribution in [2.45, 2.75) is 19.0 Å². The molecule has 0 unspecified atom stereocenters. The third-order valence-electron chi connectivity index (χ3n) is 7.51. The number of rotatable bonds is 7. The summed E-state index contributed by atoms with van der Waals surface area (Å²) in [5.41, 5.74) is 3.18. The molecule has 0 radical (unpaired) electrons. The van der Waals surface area contributed by atoms with Crippen LogP contribution in [0.3, 0.4) is 0 Å². The van der Waals surface area contributed by atoms with Crippen molar-refractivity contribution in [3.8, 4) is 11.3 Å². The number of amides is 3. The summed E-state index contributed by atoms with van der Waals surface area (Å²) in [5, 5.41) is 14.4. The molecule has 1 aliphatic rings. The smallest absolute Gasteiger partial charge is 0.411 e. The van der Waals surface area contributed by atoms with Crippen molar-refractivity contribution in [1.29, 1.82) is 0 Å². The highest BCUT2D eigenvalue weighted by Gasteiger charge is 2.26. The maximum absolute atomic E-state index is 15.0. The number of imidazole rings is 1. The number of methoxy groups -OCH3 is 1. The second-order valence-corrected chi connectivity index (χ2v) is 11.6. The fourth-order valence-corrected chi connectivity index (χ4v) is 5.62. The molecule has 1 aromatic heterocycles. The molecule has 4 bridgehead atoms. The first-order valence-electron chi connectivity index (χ1n) is 14.6. The van der Waals surface area contributed by atoms with E-state index in [1.54, 1.807) is 36.4 Å². The van der Waals surface area contributed by atoms with Crippen LogP contribution in [0.4, 0.5) is 20.6 Å². The number of fused-ring (bicyclic) bond motifs is 6. The molecule has 13 nitrogen and oxygen atoms in total. The first kappa shape index (κ1) is 34.8. The van der Waals surface area contributed by atoms with E-state index in [1.165, 1.54) is 60.8 Å². The number of hydrogen-bond acceptors (Lipinski definition) is 8. The lowest BCUT2D eigenvalue weighted by Crippen LogP contribution is -2.30. The van der Waals surface area contributed by atoms with Crippen LogP contribution >= 0.6 is 23.2 Å². The van der Waals surface area contributed by atoms with Gasteiger partial charge >= 0.3 is 6.09 Å². The SMILES string of the molecule is C=N/N=C\N(N)c1ccc(Cl)cc1/C=C/C(=O)N[C@H]1Cc2ccc(F)c(c2)C(=O)N(C)Cc2cc(NC(=O)OC)ccc2-c2nc1[nH]c2Cl. The molecule has 5 rings (SSSR count). The monoisotopic (exact) mass is 705 g/mol. The average molecular weight is 707 g/mol. The summed E-state index contributed by atoms with van der Waals surface area (Å²) in [6, 6.07) is 13.2. The van der Waals surface area contributed by atoms with Crippen molar-refractivity contribution < 1.29 is 23.5 Å². The van der Waals surface area contributed by atoms with Crippen molar-refractivity contribution in [3.63, 3.8) is 0 Å². The van der Waals surface area contributed by atoms with Crippen LogP contribution in [0, 0.1) is 5.82 Å². The van der Waals surface area contributed by atoms with Gasteiger partial charge < -0.3 is 19.9 Å². The topological polar surface area (TPSA) is 170 Å². The van der Waals surface area contributed by atoms with Crippen molar-refractivity contribution >= 4 is 71.6 Å². The van der Waals surface area contributed by atoms with Gasteiger partial charge in [-0.25, -0.2) is 20.0 Å². The molecule has 0 saturated carbocycles. The second-order valence-electron chi connectivity index (χ2n) is 10.8. The Labute approximate surface area is 290 Å². The highest BCUT2D eigenvalue weighted by atomic mass is 35.5. The van der Waals surface area contributed by atoms with Crippen molar-refractivity contribution in [2.24, 2.45) is 16.0 Å². The van der Waals surface area contributed by atoms with E-state index in [2.05, 4.69) is 32.5 Å². The Morgan fingerprint density at radius 3 is 2.73 bits per heavy atom. The van der Waals surface area contributed by atoms with E-state index in [9.17, 15) is 14.4 Å². The lowest BCUT2D eigenvalue weighted by Gasteiger charge is -2.21. The molecule has 1 atom stereocenters. The van der Waals surface area contributed by atoms with Gasteiger partial charge in [0, 0.05) is 48.2 Å². The van der Waals surface area contributed by atoms with Crippen LogP contribution in [0.2, 0.25) is 10.2 Å². The van der Waals surface area contributed by atoms with E-state index in [1.807, 2.05) is 0 Å². The first-order chi connectivity index (χ1) is 23.5. The molecule has 49 heavy (non-hydrogen) atoms. The van der Waals surface area contributed by atoms with Crippen LogP contribution in [0.5, 0.6) is 0 Å². The molecule has 0 aliphatic carbocycles. The molecule has 3 amide bonds. The van der Waals surface area contributed by atoms with E-state index < -0.39 is 29.8 Å². The minimum absolute atomic E-state index is 0.0136. The average Bonchev–Trinajstić information content (AvgIpc) is 3.47. The molecular weight excluding hydrogens is 676 g/mol. The van der Waals surface area contributed by atoms with Gasteiger partial charge in [-0.3, -0.25) is 19.9 Å². The second kappa shape index (κ2) is 15.1. The third-order valence-corrected chi connectivity index (χ3v) is 8.02. The molecule has 0 saturated heterocycles. The zero-order valence-electron chi connectivity index (χ0n) is 26.2. The van der Waals surface area contributed by atoms with E-state index in [4.69, 9.17) is 38.8 Å². The fourth-order valence-electron chi connectivity index (χ4n) is 5.20. The Morgan fingerprint density at radius 2 is 1.98 bits per heavy atom.